The van der Waals surface area contributed by atoms with Crippen LogP contribution in [0.25, 0.3) is 10.9 Å². The van der Waals surface area contributed by atoms with Gasteiger partial charge in [-0.15, -0.1) is 12.4 Å². The Morgan fingerprint density at radius 2 is 2.24 bits per heavy atom. The number of piperidine rings is 1. The number of Topliss-reactive ketones (excluding diaryl/α,β-unsaturated/α-hetero) is 1. The van der Waals surface area contributed by atoms with Crippen molar-refractivity contribution in [3.63, 3.8) is 0 Å². The molecule has 3 rings (SSSR count). The quantitative estimate of drug-likeness (QED) is 0.849. The van der Waals surface area contributed by atoms with E-state index < -0.39 is 17.5 Å². The number of aliphatic hydroxyl groups excluding tert-OH is 1. The van der Waals surface area contributed by atoms with E-state index in [9.17, 15) is 19.1 Å². The first-order valence-corrected chi connectivity index (χ1v) is 8.04. The number of halogens is 2. The molecule has 6 nitrogen and oxygen atoms in total. The molecule has 0 bridgehead atoms. The Hall–Kier alpha value is -1.83. The minimum atomic E-state index is -0.550. The fourth-order valence-corrected chi connectivity index (χ4v) is 3.16. The van der Waals surface area contributed by atoms with Crippen molar-refractivity contribution < 1.29 is 14.3 Å². The number of aromatic nitrogens is 2. The summed E-state index contributed by atoms with van der Waals surface area (Å²) in [7, 11) is 0. The number of carbonyl (C=O) groups excluding carboxylic acids is 1. The molecule has 1 fully saturated rings. The van der Waals surface area contributed by atoms with Crippen LogP contribution < -0.4 is 10.9 Å². The first kappa shape index (κ1) is 19.5. The van der Waals surface area contributed by atoms with Crippen LogP contribution in [0.3, 0.4) is 0 Å². The molecule has 1 aliphatic rings. The Balaban J connectivity index is 0.00000225. The second kappa shape index (κ2) is 8.03. The number of rotatable bonds is 4. The zero-order chi connectivity index (χ0) is 17.3. The third kappa shape index (κ3) is 4.23. The number of nitrogens with one attached hydrogen (secondary N) is 1. The Kier molecular flexibility index (Phi) is 6.26. The summed E-state index contributed by atoms with van der Waals surface area (Å²) in [6, 6.07) is 2.18. The standard InChI is InChI=1S/C17H20FN3O3.ClH/c1-10-5-11(18)6-13-16(10)20-9-21(17(13)24)8-12(22)7-14-15(23)3-2-4-19-14;/h5-6,9,14-15,19,23H,2-4,7-8H2,1H3;1H/t14-,15+;/m1./s1. The van der Waals surface area contributed by atoms with Gasteiger partial charge in [0, 0.05) is 12.5 Å². The SMILES string of the molecule is Cc1cc(F)cc2c(=O)n(CC(=O)C[C@H]3NCCC[C@@H]3O)cnc12.Cl. The van der Waals surface area contributed by atoms with Gasteiger partial charge >= 0.3 is 0 Å². The van der Waals surface area contributed by atoms with Crippen LogP contribution in [0.5, 0.6) is 0 Å². The first-order valence-electron chi connectivity index (χ1n) is 8.04. The van der Waals surface area contributed by atoms with Gasteiger partial charge in [-0.3, -0.25) is 14.2 Å². The summed E-state index contributed by atoms with van der Waals surface area (Å²) >= 11 is 0. The monoisotopic (exact) mass is 369 g/mol. The zero-order valence-corrected chi connectivity index (χ0v) is 14.7. The summed E-state index contributed by atoms with van der Waals surface area (Å²) in [4.78, 5) is 28.9. The second-order valence-electron chi connectivity index (χ2n) is 6.31. The lowest BCUT2D eigenvalue weighted by molar-refractivity contribution is -0.121. The highest BCUT2D eigenvalue weighted by Gasteiger charge is 2.25. The molecule has 0 saturated carbocycles. The van der Waals surface area contributed by atoms with Gasteiger partial charge in [-0.25, -0.2) is 9.37 Å². The highest BCUT2D eigenvalue weighted by molar-refractivity contribution is 5.85. The smallest absolute Gasteiger partial charge is 0.261 e. The van der Waals surface area contributed by atoms with Gasteiger partial charge in [0.2, 0.25) is 0 Å². The van der Waals surface area contributed by atoms with Gasteiger partial charge in [-0.05, 0) is 44.0 Å². The Morgan fingerprint density at radius 1 is 1.48 bits per heavy atom. The normalized spacial score (nSPS) is 20.3. The molecule has 1 saturated heterocycles. The summed E-state index contributed by atoms with van der Waals surface area (Å²) in [5, 5.41) is 13.2. The van der Waals surface area contributed by atoms with Crippen molar-refractivity contribution in [1.29, 1.82) is 0 Å². The van der Waals surface area contributed by atoms with Gasteiger partial charge in [0.25, 0.3) is 5.56 Å². The summed E-state index contributed by atoms with van der Waals surface area (Å²) in [6.45, 7) is 2.32. The van der Waals surface area contributed by atoms with E-state index >= 15 is 0 Å². The molecule has 1 aromatic heterocycles. The fraction of sp³-hybridized carbons (Fsp3) is 0.471. The van der Waals surface area contributed by atoms with E-state index in [1.165, 1.54) is 17.0 Å². The predicted molar refractivity (Wildman–Crippen MR) is 94.6 cm³/mol. The highest BCUT2D eigenvalue weighted by Crippen LogP contribution is 2.15. The Morgan fingerprint density at radius 3 is 2.96 bits per heavy atom. The number of ketones is 1. The zero-order valence-electron chi connectivity index (χ0n) is 13.9. The maximum atomic E-state index is 13.5. The third-order valence-electron chi connectivity index (χ3n) is 4.42. The summed E-state index contributed by atoms with van der Waals surface area (Å²) in [5.74, 6) is -0.678. The van der Waals surface area contributed by atoms with Crippen LogP contribution in [0.15, 0.2) is 23.3 Å². The predicted octanol–water partition coefficient (Wildman–Crippen LogP) is 1.34. The number of nitrogens with zero attached hydrogens (tertiary/aromatic N) is 2. The molecule has 8 heteroatoms. The molecule has 0 spiro atoms. The molecule has 0 amide bonds. The molecule has 25 heavy (non-hydrogen) atoms. The van der Waals surface area contributed by atoms with Gasteiger partial charge in [-0.1, -0.05) is 0 Å². The van der Waals surface area contributed by atoms with Gasteiger partial charge in [0.15, 0.2) is 5.78 Å². The Bertz CT molecular complexity index is 840. The summed E-state index contributed by atoms with van der Waals surface area (Å²) in [6.07, 6.45) is 2.46. The van der Waals surface area contributed by atoms with Crippen molar-refractivity contribution in [2.45, 2.75) is 44.9 Å². The number of aryl methyl sites for hydroxylation is 1. The average Bonchev–Trinajstić information content (AvgIpc) is 2.53. The van der Waals surface area contributed by atoms with E-state index in [4.69, 9.17) is 0 Å². The molecule has 0 radical (unpaired) electrons. The van der Waals surface area contributed by atoms with E-state index in [1.807, 2.05) is 0 Å². The lowest BCUT2D eigenvalue weighted by Crippen LogP contribution is -2.46. The molecule has 2 heterocycles. The van der Waals surface area contributed by atoms with Crippen LogP contribution in [0.2, 0.25) is 0 Å². The average molecular weight is 370 g/mol. The van der Waals surface area contributed by atoms with Gasteiger partial charge in [0.05, 0.1) is 29.9 Å². The molecule has 2 aromatic rings. The van der Waals surface area contributed by atoms with Crippen LogP contribution in [-0.4, -0.2) is 39.1 Å². The lowest BCUT2D eigenvalue weighted by Gasteiger charge is -2.28. The van der Waals surface area contributed by atoms with Gasteiger partial charge in [0.1, 0.15) is 5.82 Å². The maximum absolute atomic E-state index is 13.5. The molecular formula is C17H21ClFN3O3. The molecule has 1 aromatic carbocycles. The molecule has 2 N–H and O–H groups in total. The van der Waals surface area contributed by atoms with Gasteiger partial charge < -0.3 is 10.4 Å². The fourth-order valence-electron chi connectivity index (χ4n) is 3.16. The largest absolute Gasteiger partial charge is 0.391 e. The van der Waals surface area contributed by atoms with Crippen LogP contribution in [0, 0.1) is 12.7 Å². The first-order chi connectivity index (χ1) is 11.5. The van der Waals surface area contributed by atoms with E-state index in [0.717, 1.165) is 19.0 Å². The number of hydrogen-bond donors (Lipinski definition) is 2. The third-order valence-corrected chi connectivity index (χ3v) is 4.42. The summed E-state index contributed by atoms with van der Waals surface area (Å²) in [5.41, 5.74) is 0.581. The van der Waals surface area contributed by atoms with E-state index in [0.29, 0.717) is 17.5 Å². The second-order valence-corrected chi connectivity index (χ2v) is 6.31. The van der Waals surface area contributed by atoms with Crippen molar-refractivity contribution in [2.75, 3.05) is 6.54 Å². The molecular weight excluding hydrogens is 349 g/mol. The molecule has 1 aliphatic heterocycles. The topological polar surface area (TPSA) is 84.2 Å². The minimum Gasteiger partial charge on any atom is -0.391 e. The van der Waals surface area contributed by atoms with Crippen molar-refractivity contribution in [3.05, 3.63) is 40.2 Å². The lowest BCUT2D eigenvalue weighted by atomic mass is 9.97. The van der Waals surface area contributed by atoms with Crippen molar-refractivity contribution >= 4 is 29.1 Å². The van der Waals surface area contributed by atoms with Crippen molar-refractivity contribution in [2.24, 2.45) is 0 Å². The number of hydrogen-bond acceptors (Lipinski definition) is 5. The van der Waals surface area contributed by atoms with E-state index in [-0.39, 0.29) is 42.6 Å². The van der Waals surface area contributed by atoms with E-state index in [1.54, 1.807) is 6.92 Å². The number of carbonyl (C=O) groups is 1. The van der Waals surface area contributed by atoms with Crippen LogP contribution in [-0.2, 0) is 11.3 Å². The minimum absolute atomic E-state index is 0. The molecule has 0 aliphatic carbocycles. The molecule has 0 unspecified atom stereocenters. The summed E-state index contributed by atoms with van der Waals surface area (Å²) < 4.78 is 14.7. The Labute approximate surface area is 150 Å². The number of aliphatic hydroxyl groups is 1. The molecule has 136 valence electrons. The van der Waals surface area contributed by atoms with Gasteiger partial charge in [-0.2, -0.15) is 0 Å². The van der Waals surface area contributed by atoms with E-state index in [2.05, 4.69) is 10.3 Å². The number of fused-ring (bicyclic) bond motifs is 1. The molecule has 2 atom stereocenters. The van der Waals surface area contributed by atoms with Crippen LogP contribution in [0.1, 0.15) is 24.8 Å². The highest BCUT2D eigenvalue weighted by atomic mass is 35.5. The van der Waals surface area contributed by atoms with Crippen LogP contribution >= 0.6 is 12.4 Å². The van der Waals surface area contributed by atoms with Crippen LogP contribution in [0.4, 0.5) is 4.39 Å². The van der Waals surface area contributed by atoms with Crippen molar-refractivity contribution in [1.82, 2.24) is 14.9 Å². The van der Waals surface area contributed by atoms with Crippen molar-refractivity contribution in [3.8, 4) is 0 Å². The number of benzene rings is 1. The maximum Gasteiger partial charge on any atom is 0.261 e.